The van der Waals surface area contributed by atoms with E-state index >= 15 is 0 Å². The summed E-state index contributed by atoms with van der Waals surface area (Å²) in [5.41, 5.74) is 2.24. The Kier molecular flexibility index (Phi) is 7.75. The molecule has 1 aromatic carbocycles. The first kappa shape index (κ1) is 27.5. The highest BCUT2D eigenvalue weighted by Gasteiger charge is 2.56. The van der Waals surface area contributed by atoms with Gasteiger partial charge in [0.1, 0.15) is 16.3 Å². The number of β-lactam (4-membered cyclic amide) rings is 1. The van der Waals surface area contributed by atoms with Crippen LogP contribution in [0.4, 0.5) is 0 Å². The molecule has 1 N–H and O–H groups in total. The smallest absolute Gasteiger partial charge is 0.339 e. The van der Waals surface area contributed by atoms with Gasteiger partial charge in [-0.3, -0.25) is 14.4 Å². The molecule has 5 rings (SSSR count). The standard InChI is InChI=1S/C21H24ClN3O6S.C6H4/c1-11(26)23-17-15(20(29)30-21(3,4)5)10-24-18(28)16(19(24)32-17)25(12(2)27)31-14-8-6-13(22)7-9-14;1-2-5-4-6(5)3-1/h6-10,16-17,19H,1-5H3,(H,23,26);1-4H/t16?,17?,19-;/m1./s1. The van der Waals surface area contributed by atoms with Crippen LogP contribution in [0.1, 0.15) is 34.6 Å². The molecule has 2 unspecified atom stereocenters. The molecule has 1 saturated heterocycles. The molecule has 2 aliphatic carbocycles. The number of hydroxylamine groups is 2. The number of carbonyl (C=O) groups is 4. The molecule has 0 saturated carbocycles. The summed E-state index contributed by atoms with van der Waals surface area (Å²) in [6.07, 6.45) is 1.37. The third-order valence-electron chi connectivity index (χ3n) is 5.55. The van der Waals surface area contributed by atoms with Gasteiger partial charge in [-0.05, 0) is 62.2 Å². The van der Waals surface area contributed by atoms with Gasteiger partial charge in [0.15, 0.2) is 11.8 Å². The van der Waals surface area contributed by atoms with Gasteiger partial charge in [-0.25, -0.2) is 4.79 Å². The zero-order valence-corrected chi connectivity index (χ0v) is 23.1. The van der Waals surface area contributed by atoms with E-state index in [-0.39, 0.29) is 11.5 Å². The van der Waals surface area contributed by atoms with Crippen molar-refractivity contribution in [3.63, 3.8) is 0 Å². The van der Waals surface area contributed by atoms with Crippen LogP contribution in [-0.4, -0.2) is 56.0 Å². The molecule has 1 aromatic rings. The fourth-order valence-corrected chi connectivity index (χ4v) is 5.40. The Bertz CT molecular complexity index is 1290. The summed E-state index contributed by atoms with van der Waals surface area (Å²) in [7, 11) is 0. The van der Waals surface area contributed by atoms with Crippen molar-refractivity contribution in [3.05, 3.63) is 65.3 Å². The molecular formula is C27H28ClN3O6S. The zero-order chi connectivity index (χ0) is 27.8. The minimum atomic E-state index is -0.944. The highest BCUT2D eigenvalue weighted by Crippen LogP contribution is 2.42. The summed E-state index contributed by atoms with van der Waals surface area (Å²) in [5.74, 6) is -1.56. The van der Waals surface area contributed by atoms with E-state index in [0.29, 0.717) is 10.8 Å². The molecule has 200 valence electrons. The summed E-state index contributed by atoms with van der Waals surface area (Å²) in [6, 6.07) is 13.9. The van der Waals surface area contributed by atoms with Crippen molar-refractivity contribution < 1.29 is 28.8 Å². The lowest BCUT2D eigenvalue weighted by Gasteiger charge is -2.51. The van der Waals surface area contributed by atoms with Crippen LogP contribution < -0.4 is 10.2 Å². The number of nitrogens with zero attached hydrogens (tertiary/aromatic N) is 2. The number of fused-ring (bicyclic) bond motifs is 2. The molecule has 1 fully saturated rings. The Morgan fingerprint density at radius 2 is 1.68 bits per heavy atom. The first-order valence-electron chi connectivity index (χ1n) is 11.9. The van der Waals surface area contributed by atoms with E-state index in [2.05, 4.69) is 29.6 Å². The molecule has 11 heteroatoms. The molecule has 2 aliphatic heterocycles. The molecule has 38 heavy (non-hydrogen) atoms. The van der Waals surface area contributed by atoms with E-state index in [1.165, 1.54) is 36.1 Å². The normalized spacial score (nSPS) is 20.5. The third-order valence-corrected chi connectivity index (χ3v) is 7.21. The van der Waals surface area contributed by atoms with Gasteiger partial charge in [-0.1, -0.05) is 29.8 Å². The quantitative estimate of drug-likeness (QED) is 0.286. The maximum Gasteiger partial charge on any atom is 0.339 e. The van der Waals surface area contributed by atoms with Gasteiger partial charge in [0.25, 0.3) is 11.8 Å². The largest absolute Gasteiger partial charge is 0.456 e. The van der Waals surface area contributed by atoms with Crippen LogP contribution in [0.25, 0.3) is 11.1 Å². The second-order valence-corrected chi connectivity index (χ2v) is 11.5. The Morgan fingerprint density at radius 1 is 1.05 bits per heavy atom. The molecule has 2 heterocycles. The van der Waals surface area contributed by atoms with Crippen LogP contribution in [0.2, 0.25) is 5.02 Å². The summed E-state index contributed by atoms with van der Waals surface area (Å²) < 4.78 is 5.42. The first-order chi connectivity index (χ1) is 17.8. The van der Waals surface area contributed by atoms with E-state index in [4.69, 9.17) is 21.2 Å². The number of ether oxygens (including phenoxy) is 1. The van der Waals surface area contributed by atoms with Crippen molar-refractivity contribution in [2.45, 2.75) is 57.0 Å². The predicted molar refractivity (Wildman–Crippen MR) is 144 cm³/mol. The monoisotopic (exact) mass is 557 g/mol. The Morgan fingerprint density at radius 3 is 2.16 bits per heavy atom. The molecule has 4 aliphatic rings. The summed E-state index contributed by atoms with van der Waals surface area (Å²) in [6.45, 7) is 7.78. The number of hydrogen-bond donors (Lipinski definition) is 1. The van der Waals surface area contributed by atoms with Crippen molar-refractivity contribution in [2.75, 3.05) is 0 Å². The van der Waals surface area contributed by atoms with Crippen LogP contribution in [0.15, 0.2) is 60.3 Å². The minimum Gasteiger partial charge on any atom is -0.456 e. The third kappa shape index (κ3) is 6.31. The zero-order valence-electron chi connectivity index (χ0n) is 21.6. The van der Waals surface area contributed by atoms with Gasteiger partial charge in [0, 0.05) is 25.1 Å². The second-order valence-electron chi connectivity index (χ2n) is 9.85. The average Bonchev–Trinajstić information content (AvgIpc) is 3.42. The lowest BCUT2D eigenvalue weighted by molar-refractivity contribution is -0.186. The van der Waals surface area contributed by atoms with E-state index < -0.39 is 40.2 Å². The second kappa shape index (κ2) is 10.7. The van der Waals surface area contributed by atoms with Crippen LogP contribution in [0.5, 0.6) is 5.75 Å². The van der Waals surface area contributed by atoms with Crippen molar-refractivity contribution in [1.29, 1.82) is 0 Å². The van der Waals surface area contributed by atoms with E-state index in [1.54, 1.807) is 45.0 Å². The van der Waals surface area contributed by atoms with E-state index in [0.717, 1.165) is 16.8 Å². The van der Waals surface area contributed by atoms with Crippen molar-refractivity contribution >= 4 is 47.1 Å². The minimum absolute atomic E-state index is 0.135. The molecule has 3 amide bonds. The molecule has 0 radical (unpaired) electrons. The van der Waals surface area contributed by atoms with Gasteiger partial charge < -0.3 is 19.8 Å². The Hall–Kier alpha value is -3.50. The summed E-state index contributed by atoms with van der Waals surface area (Å²) in [5, 5.41) is 2.87. The highest BCUT2D eigenvalue weighted by molar-refractivity contribution is 8.00. The summed E-state index contributed by atoms with van der Waals surface area (Å²) in [4.78, 5) is 56.6. The van der Waals surface area contributed by atoms with Gasteiger partial charge in [0.05, 0.1) is 5.57 Å². The van der Waals surface area contributed by atoms with Crippen molar-refractivity contribution in [2.24, 2.45) is 0 Å². The average molecular weight is 558 g/mol. The lowest BCUT2D eigenvalue weighted by atomic mass is 10.1. The fraction of sp³-hybridized carbons (Fsp3) is 0.333. The number of esters is 1. The summed E-state index contributed by atoms with van der Waals surface area (Å²) >= 11 is 7.04. The SMILES string of the molecule is CC(=O)NC1S[C@@H]2C(N(Oc3ccc(Cl)cc3)C(C)=O)C(=O)N2C=C1C(=O)OC(C)(C)C.c1cc2cc-2c1. The maximum absolute atomic E-state index is 12.9. The van der Waals surface area contributed by atoms with Gasteiger partial charge in [-0.2, -0.15) is 5.06 Å². The molecular weight excluding hydrogens is 530 g/mol. The number of rotatable bonds is 5. The molecule has 0 aromatic heterocycles. The number of benzene rings is 2. The number of amides is 3. The Labute approximate surface area is 230 Å². The molecule has 0 bridgehead atoms. The van der Waals surface area contributed by atoms with E-state index in [1.807, 2.05) is 0 Å². The van der Waals surface area contributed by atoms with Gasteiger partial charge in [-0.15, -0.1) is 11.8 Å². The van der Waals surface area contributed by atoms with Gasteiger partial charge in [0.2, 0.25) is 5.91 Å². The van der Waals surface area contributed by atoms with Crippen LogP contribution in [-0.2, 0) is 23.9 Å². The lowest BCUT2D eigenvalue weighted by Crippen LogP contribution is -2.71. The van der Waals surface area contributed by atoms with Crippen LogP contribution in [0.3, 0.4) is 0 Å². The predicted octanol–water partition coefficient (Wildman–Crippen LogP) is 4.12. The van der Waals surface area contributed by atoms with Gasteiger partial charge >= 0.3 is 5.97 Å². The number of thioether (sulfide) groups is 1. The van der Waals surface area contributed by atoms with Crippen molar-refractivity contribution in [3.8, 4) is 16.9 Å². The Balaban J connectivity index is 0.000000483. The number of nitrogens with one attached hydrogen (secondary N) is 1. The first-order valence-corrected chi connectivity index (χ1v) is 13.2. The van der Waals surface area contributed by atoms with Crippen LogP contribution >= 0.6 is 23.4 Å². The van der Waals surface area contributed by atoms with E-state index in [9.17, 15) is 19.2 Å². The van der Waals surface area contributed by atoms with Crippen LogP contribution in [0, 0.1) is 0 Å². The number of halogens is 1. The topological polar surface area (TPSA) is 105 Å². The number of hydrogen-bond acceptors (Lipinski definition) is 7. The molecule has 3 atom stereocenters. The molecule has 9 nitrogen and oxygen atoms in total. The highest BCUT2D eigenvalue weighted by atomic mass is 35.5. The van der Waals surface area contributed by atoms with Crippen molar-refractivity contribution in [1.82, 2.24) is 15.3 Å². The number of carbonyl (C=O) groups excluding carboxylic acids is 4. The molecule has 0 spiro atoms. The maximum atomic E-state index is 12.9. The fourth-order valence-electron chi connectivity index (χ4n) is 3.79.